The number of benzene rings is 1. The van der Waals surface area contributed by atoms with Gasteiger partial charge in [-0.1, -0.05) is 24.3 Å². The van der Waals surface area contributed by atoms with E-state index in [-0.39, 0.29) is 12.3 Å². The Bertz CT molecular complexity index is 297. The lowest BCUT2D eigenvalue weighted by Crippen LogP contribution is -2.12. The van der Waals surface area contributed by atoms with Crippen molar-refractivity contribution in [2.45, 2.75) is 6.92 Å². The minimum atomic E-state index is -0.250. The number of aryl methyl sites for hydroxylation is 1. The zero-order valence-corrected chi connectivity index (χ0v) is 7.32. The standard InChI is InChI=1S/C8H10N2.CH2O2/c1-6-4-2-3-5-7(6)8(9)10;2-1-3/h2-5H,1H3,(H3,9,10);1H,(H,2,3). The SMILES string of the molecule is Cc1ccccc1C(=N)N.O=CO. The summed E-state index contributed by atoms with van der Waals surface area (Å²) in [5.41, 5.74) is 7.17. The number of nitrogens with two attached hydrogens (primary N) is 1. The van der Waals surface area contributed by atoms with Crippen LogP contribution in [0.3, 0.4) is 0 Å². The summed E-state index contributed by atoms with van der Waals surface area (Å²) < 4.78 is 0. The molecule has 70 valence electrons. The third kappa shape index (κ3) is 3.91. The smallest absolute Gasteiger partial charge is 0.290 e. The van der Waals surface area contributed by atoms with Crippen LogP contribution < -0.4 is 5.73 Å². The third-order valence-corrected chi connectivity index (χ3v) is 1.44. The van der Waals surface area contributed by atoms with E-state index < -0.39 is 0 Å². The van der Waals surface area contributed by atoms with E-state index in [0.29, 0.717) is 0 Å². The van der Waals surface area contributed by atoms with Crippen LogP contribution in [-0.4, -0.2) is 17.4 Å². The maximum absolute atomic E-state index is 8.36. The monoisotopic (exact) mass is 180 g/mol. The van der Waals surface area contributed by atoms with E-state index in [0.717, 1.165) is 11.1 Å². The maximum atomic E-state index is 8.36. The number of hydrogen-bond acceptors (Lipinski definition) is 2. The average molecular weight is 180 g/mol. The molecule has 0 bridgehead atoms. The fourth-order valence-corrected chi connectivity index (χ4v) is 0.875. The lowest BCUT2D eigenvalue weighted by atomic mass is 10.1. The van der Waals surface area contributed by atoms with Crippen LogP contribution in [0, 0.1) is 12.3 Å². The minimum Gasteiger partial charge on any atom is -0.483 e. The van der Waals surface area contributed by atoms with Gasteiger partial charge in [0.15, 0.2) is 0 Å². The molecule has 0 atom stereocenters. The van der Waals surface area contributed by atoms with E-state index in [2.05, 4.69) is 0 Å². The highest BCUT2D eigenvalue weighted by Crippen LogP contribution is 2.04. The first-order chi connectivity index (χ1) is 6.13. The Balaban J connectivity index is 0.000000424. The lowest BCUT2D eigenvalue weighted by Gasteiger charge is -2.00. The second-order valence-electron chi connectivity index (χ2n) is 2.33. The molecule has 0 aliphatic heterocycles. The van der Waals surface area contributed by atoms with Crippen molar-refractivity contribution in [1.82, 2.24) is 0 Å². The van der Waals surface area contributed by atoms with Gasteiger partial charge in [-0.3, -0.25) is 10.2 Å². The average Bonchev–Trinajstić information content (AvgIpc) is 2.06. The van der Waals surface area contributed by atoms with Crippen LogP contribution in [0.25, 0.3) is 0 Å². The van der Waals surface area contributed by atoms with Crippen molar-refractivity contribution in [3.05, 3.63) is 35.4 Å². The number of nitrogens with one attached hydrogen (secondary N) is 1. The topological polar surface area (TPSA) is 87.2 Å². The van der Waals surface area contributed by atoms with Crippen LogP contribution >= 0.6 is 0 Å². The molecule has 0 aliphatic carbocycles. The quantitative estimate of drug-likeness (QED) is 0.342. The Morgan fingerprint density at radius 1 is 1.54 bits per heavy atom. The highest BCUT2D eigenvalue weighted by atomic mass is 16.3. The molecule has 1 aromatic rings. The van der Waals surface area contributed by atoms with E-state index in [9.17, 15) is 0 Å². The Labute approximate surface area is 76.5 Å². The van der Waals surface area contributed by atoms with Crippen LogP contribution in [-0.2, 0) is 4.79 Å². The third-order valence-electron chi connectivity index (χ3n) is 1.44. The first-order valence-electron chi connectivity index (χ1n) is 3.61. The molecule has 1 aromatic carbocycles. The second kappa shape index (κ2) is 5.77. The van der Waals surface area contributed by atoms with E-state index in [4.69, 9.17) is 21.0 Å². The van der Waals surface area contributed by atoms with Crippen LogP contribution in [0.15, 0.2) is 24.3 Å². The summed E-state index contributed by atoms with van der Waals surface area (Å²) in [6.45, 7) is 1.69. The highest BCUT2D eigenvalue weighted by Gasteiger charge is 1.96. The first kappa shape index (κ1) is 11.2. The lowest BCUT2D eigenvalue weighted by molar-refractivity contribution is -0.122. The summed E-state index contributed by atoms with van der Waals surface area (Å²) in [7, 11) is 0. The molecule has 0 radical (unpaired) electrons. The number of carbonyl (C=O) groups is 1. The van der Waals surface area contributed by atoms with Crippen LogP contribution in [0.1, 0.15) is 11.1 Å². The molecule has 0 saturated carbocycles. The van der Waals surface area contributed by atoms with E-state index in [1.807, 2.05) is 31.2 Å². The molecule has 4 heteroatoms. The van der Waals surface area contributed by atoms with Gasteiger partial charge in [-0.2, -0.15) is 0 Å². The van der Waals surface area contributed by atoms with Gasteiger partial charge in [-0.15, -0.1) is 0 Å². The largest absolute Gasteiger partial charge is 0.483 e. The highest BCUT2D eigenvalue weighted by molar-refractivity contribution is 5.96. The van der Waals surface area contributed by atoms with Gasteiger partial charge in [0.2, 0.25) is 0 Å². The van der Waals surface area contributed by atoms with Crippen molar-refractivity contribution < 1.29 is 9.90 Å². The molecule has 0 aromatic heterocycles. The molecule has 0 spiro atoms. The zero-order valence-electron chi connectivity index (χ0n) is 7.32. The molecular weight excluding hydrogens is 168 g/mol. The molecule has 0 unspecified atom stereocenters. The molecule has 1 rings (SSSR count). The second-order valence-corrected chi connectivity index (χ2v) is 2.33. The molecule has 0 heterocycles. The molecule has 0 fully saturated rings. The van der Waals surface area contributed by atoms with Gasteiger partial charge < -0.3 is 10.8 Å². The maximum Gasteiger partial charge on any atom is 0.290 e. The molecule has 0 saturated heterocycles. The van der Waals surface area contributed by atoms with Gasteiger partial charge in [0.05, 0.1) is 0 Å². The summed E-state index contributed by atoms with van der Waals surface area (Å²) in [5, 5.41) is 14.0. The fourth-order valence-electron chi connectivity index (χ4n) is 0.875. The molecular formula is C9H12N2O2. The number of hydrogen-bond donors (Lipinski definition) is 3. The van der Waals surface area contributed by atoms with Gasteiger partial charge in [0.25, 0.3) is 6.47 Å². The van der Waals surface area contributed by atoms with Crippen LogP contribution in [0.2, 0.25) is 0 Å². The van der Waals surface area contributed by atoms with E-state index >= 15 is 0 Å². The van der Waals surface area contributed by atoms with Crippen molar-refractivity contribution in [2.75, 3.05) is 0 Å². The summed E-state index contributed by atoms with van der Waals surface area (Å²) in [5.74, 6) is 0.137. The Morgan fingerprint density at radius 3 is 2.31 bits per heavy atom. The van der Waals surface area contributed by atoms with Crippen molar-refractivity contribution in [3.8, 4) is 0 Å². The predicted octanol–water partition coefficient (Wildman–Crippen LogP) is 0.980. The first-order valence-corrected chi connectivity index (χ1v) is 3.61. The Hall–Kier alpha value is -1.84. The van der Waals surface area contributed by atoms with Crippen LogP contribution in [0.5, 0.6) is 0 Å². The van der Waals surface area contributed by atoms with E-state index in [1.165, 1.54) is 0 Å². The Kier molecular flexibility index (Phi) is 4.95. The normalized spacial score (nSPS) is 8.08. The minimum absolute atomic E-state index is 0.137. The predicted molar refractivity (Wildman–Crippen MR) is 50.9 cm³/mol. The number of nitrogen functional groups attached to an aromatic ring is 1. The number of rotatable bonds is 1. The molecule has 0 amide bonds. The fraction of sp³-hybridized carbons (Fsp3) is 0.111. The summed E-state index contributed by atoms with van der Waals surface area (Å²) in [4.78, 5) is 8.36. The van der Waals surface area contributed by atoms with Gasteiger partial charge >= 0.3 is 0 Å². The number of amidine groups is 1. The van der Waals surface area contributed by atoms with Crippen molar-refractivity contribution in [2.24, 2.45) is 5.73 Å². The van der Waals surface area contributed by atoms with Crippen molar-refractivity contribution >= 4 is 12.3 Å². The Morgan fingerprint density at radius 2 is 2.00 bits per heavy atom. The number of carboxylic acid groups (broad SMARTS) is 1. The van der Waals surface area contributed by atoms with E-state index in [1.54, 1.807) is 0 Å². The van der Waals surface area contributed by atoms with Crippen molar-refractivity contribution in [1.29, 1.82) is 5.41 Å². The van der Waals surface area contributed by atoms with Gasteiger partial charge in [-0.25, -0.2) is 0 Å². The molecule has 4 nitrogen and oxygen atoms in total. The van der Waals surface area contributed by atoms with Gasteiger partial charge in [-0.05, 0) is 12.5 Å². The van der Waals surface area contributed by atoms with Gasteiger partial charge in [0.1, 0.15) is 5.84 Å². The molecule has 4 N–H and O–H groups in total. The summed E-state index contributed by atoms with van der Waals surface area (Å²) in [6, 6.07) is 7.60. The summed E-state index contributed by atoms with van der Waals surface area (Å²) >= 11 is 0. The van der Waals surface area contributed by atoms with Crippen molar-refractivity contribution in [3.63, 3.8) is 0 Å². The molecule has 0 aliphatic rings. The molecule has 13 heavy (non-hydrogen) atoms. The van der Waals surface area contributed by atoms with Crippen LogP contribution in [0.4, 0.5) is 0 Å². The zero-order chi connectivity index (χ0) is 10.3. The van der Waals surface area contributed by atoms with Gasteiger partial charge in [0, 0.05) is 5.56 Å². The summed E-state index contributed by atoms with van der Waals surface area (Å²) in [6.07, 6.45) is 0.